The molecule has 17 heavy (non-hydrogen) atoms. The van der Waals surface area contributed by atoms with Gasteiger partial charge in [0.25, 0.3) is 0 Å². The maximum atomic E-state index is 9.49. The van der Waals surface area contributed by atoms with E-state index in [1.165, 1.54) is 11.1 Å². The molecule has 96 valence electrons. The Labute approximate surface area is 104 Å². The van der Waals surface area contributed by atoms with Gasteiger partial charge in [-0.25, -0.2) is 0 Å². The van der Waals surface area contributed by atoms with E-state index in [9.17, 15) is 5.11 Å². The average Bonchev–Trinajstić information content (AvgIpc) is 2.34. The number of benzene rings is 1. The Morgan fingerprint density at radius 1 is 1.29 bits per heavy atom. The van der Waals surface area contributed by atoms with Crippen molar-refractivity contribution >= 4 is 0 Å². The van der Waals surface area contributed by atoms with Crippen LogP contribution in [0.15, 0.2) is 24.3 Å². The first kappa shape index (κ1) is 14.2. The van der Waals surface area contributed by atoms with Crippen molar-refractivity contribution in [2.75, 3.05) is 33.8 Å². The molecule has 0 fully saturated rings. The lowest BCUT2D eigenvalue weighted by atomic mass is 9.99. The summed E-state index contributed by atoms with van der Waals surface area (Å²) >= 11 is 0. The van der Waals surface area contributed by atoms with Crippen molar-refractivity contribution in [1.82, 2.24) is 10.2 Å². The normalized spacial score (nSPS) is 13.0. The Kier molecular flexibility index (Phi) is 6.19. The van der Waals surface area contributed by atoms with Gasteiger partial charge in [0.2, 0.25) is 0 Å². The summed E-state index contributed by atoms with van der Waals surface area (Å²) < 4.78 is 0. The molecule has 0 amide bonds. The van der Waals surface area contributed by atoms with Crippen molar-refractivity contribution in [2.45, 2.75) is 19.4 Å². The van der Waals surface area contributed by atoms with Gasteiger partial charge in [0.1, 0.15) is 0 Å². The van der Waals surface area contributed by atoms with E-state index in [1.807, 2.05) is 6.07 Å². The molecule has 0 heterocycles. The molecule has 0 aliphatic heterocycles. The quantitative estimate of drug-likeness (QED) is 0.752. The summed E-state index contributed by atoms with van der Waals surface area (Å²) in [4.78, 5) is 2.13. The third kappa shape index (κ3) is 4.46. The Morgan fingerprint density at radius 3 is 2.59 bits per heavy atom. The molecule has 0 radical (unpaired) electrons. The Balaban J connectivity index is 2.65. The molecule has 0 aliphatic carbocycles. The summed E-state index contributed by atoms with van der Waals surface area (Å²) in [7, 11) is 4.10. The average molecular weight is 236 g/mol. The van der Waals surface area contributed by atoms with Crippen LogP contribution in [-0.4, -0.2) is 43.8 Å². The van der Waals surface area contributed by atoms with Gasteiger partial charge in [-0.1, -0.05) is 31.2 Å². The lowest BCUT2D eigenvalue weighted by Crippen LogP contribution is -2.32. The van der Waals surface area contributed by atoms with Crippen LogP contribution in [0.3, 0.4) is 0 Å². The van der Waals surface area contributed by atoms with Gasteiger partial charge in [-0.15, -0.1) is 0 Å². The standard InChI is InChI=1S/C14H24N2O/c1-4-12-7-5-6-8-13(12)14(11-17)15-9-10-16(2)3/h5-8,14-15,17H,4,9-11H2,1-3H3. The van der Waals surface area contributed by atoms with Gasteiger partial charge in [0.15, 0.2) is 0 Å². The summed E-state index contributed by atoms with van der Waals surface area (Å²) in [5.41, 5.74) is 2.53. The van der Waals surface area contributed by atoms with Gasteiger partial charge in [-0.3, -0.25) is 0 Å². The highest BCUT2D eigenvalue weighted by molar-refractivity contribution is 5.30. The second-order valence-electron chi connectivity index (χ2n) is 4.54. The maximum Gasteiger partial charge on any atom is 0.0626 e. The molecule has 3 nitrogen and oxygen atoms in total. The van der Waals surface area contributed by atoms with E-state index in [4.69, 9.17) is 0 Å². The Bertz CT molecular complexity index is 326. The van der Waals surface area contributed by atoms with Crippen molar-refractivity contribution in [3.63, 3.8) is 0 Å². The molecule has 0 bridgehead atoms. The molecule has 1 unspecified atom stereocenters. The minimum atomic E-state index is 0.0473. The molecule has 1 rings (SSSR count). The number of hydrogen-bond donors (Lipinski definition) is 2. The van der Waals surface area contributed by atoms with Crippen molar-refractivity contribution < 1.29 is 5.11 Å². The van der Waals surface area contributed by atoms with Crippen molar-refractivity contribution in [1.29, 1.82) is 0 Å². The van der Waals surface area contributed by atoms with Crippen LogP contribution in [0.25, 0.3) is 0 Å². The number of aliphatic hydroxyl groups is 1. The Morgan fingerprint density at radius 2 is 2.00 bits per heavy atom. The fourth-order valence-electron chi connectivity index (χ4n) is 1.93. The number of aliphatic hydroxyl groups excluding tert-OH is 1. The SMILES string of the molecule is CCc1ccccc1C(CO)NCCN(C)C. The fraction of sp³-hybridized carbons (Fsp3) is 0.571. The molecular formula is C14H24N2O. The second-order valence-corrected chi connectivity index (χ2v) is 4.54. The van der Waals surface area contributed by atoms with Gasteiger partial charge in [-0.2, -0.15) is 0 Å². The maximum absolute atomic E-state index is 9.49. The van der Waals surface area contributed by atoms with E-state index in [0.29, 0.717) is 0 Å². The molecule has 1 aromatic carbocycles. The number of rotatable bonds is 7. The lowest BCUT2D eigenvalue weighted by Gasteiger charge is -2.20. The van der Waals surface area contributed by atoms with E-state index in [-0.39, 0.29) is 12.6 Å². The molecule has 1 atom stereocenters. The predicted octanol–water partition coefficient (Wildman–Crippen LogP) is 1.43. The number of aryl methyl sites for hydroxylation is 1. The molecule has 0 saturated heterocycles. The highest BCUT2D eigenvalue weighted by Crippen LogP contribution is 2.18. The summed E-state index contributed by atoms with van der Waals surface area (Å²) in [6.45, 7) is 4.15. The first-order valence-corrected chi connectivity index (χ1v) is 6.25. The van der Waals surface area contributed by atoms with Gasteiger partial charge in [0.05, 0.1) is 12.6 Å². The zero-order chi connectivity index (χ0) is 12.7. The van der Waals surface area contributed by atoms with Crippen molar-refractivity contribution in [3.05, 3.63) is 35.4 Å². The van der Waals surface area contributed by atoms with Crippen LogP contribution in [0.5, 0.6) is 0 Å². The molecule has 0 aliphatic rings. The molecule has 0 spiro atoms. The van der Waals surface area contributed by atoms with Crippen LogP contribution in [0, 0.1) is 0 Å². The van der Waals surface area contributed by atoms with Gasteiger partial charge in [-0.05, 0) is 31.6 Å². The van der Waals surface area contributed by atoms with Crippen LogP contribution in [0.2, 0.25) is 0 Å². The van der Waals surface area contributed by atoms with Crippen molar-refractivity contribution in [2.24, 2.45) is 0 Å². The van der Waals surface area contributed by atoms with E-state index in [2.05, 4.69) is 49.4 Å². The highest BCUT2D eigenvalue weighted by atomic mass is 16.3. The molecule has 2 N–H and O–H groups in total. The molecule has 0 saturated carbocycles. The minimum Gasteiger partial charge on any atom is -0.394 e. The molecule has 0 aromatic heterocycles. The second kappa shape index (κ2) is 7.43. The minimum absolute atomic E-state index is 0.0473. The fourth-order valence-corrected chi connectivity index (χ4v) is 1.93. The van der Waals surface area contributed by atoms with Gasteiger partial charge < -0.3 is 15.3 Å². The van der Waals surface area contributed by atoms with Crippen LogP contribution in [-0.2, 0) is 6.42 Å². The third-order valence-electron chi connectivity index (χ3n) is 2.94. The first-order chi connectivity index (χ1) is 8.19. The van der Waals surface area contributed by atoms with Crippen LogP contribution < -0.4 is 5.32 Å². The van der Waals surface area contributed by atoms with E-state index in [1.54, 1.807) is 0 Å². The van der Waals surface area contributed by atoms with Crippen LogP contribution in [0.4, 0.5) is 0 Å². The largest absolute Gasteiger partial charge is 0.394 e. The Hall–Kier alpha value is -0.900. The molecule has 1 aromatic rings. The zero-order valence-electron chi connectivity index (χ0n) is 11.1. The van der Waals surface area contributed by atoms with E-state index in [0.717, 1.165) is 19.5 Å². The summed E-state index contributed by atoms with van der Waals surface area (Å²) in [5.74, 6) is 0. The molecular weight excluding hydrogens is 212 g/mol. The predicted molar refractivity (Wildman–Crippen MR) is 72.2 cm³/mol. The monoisotopic (exact) mass is 236 g/mol. The number of hydrogen-bond acceptors (Lipinski definition) is 3. The summed E-state index contributed by atoms with van der Waals surface area (Å²) in [6.07, 6.45) is 1.00. The summed E-state index contributed by atoms with van der Waals surface area (Å²) in [5, 5.41) is 12.9. The zero-order valence-corrected chi connectivity index (χ0v) is 11.1. The number of likely N-dealkylation sites (N-methyl/N-ethyl adjacent to an activating group) is 1. The topological polar surface area (TPSA) is 35.5 Å². The highest BCUT2D eigenvalue weighted by Gasteiger charge is 2.12. The lowest BCUT2D eigenvalue weighted by molar-refractivity contribution is 0.240. The number of nitrogens with zero attached hydrogens (tertiary/aromatic N) is 1. The van der Waals surface area contributed by atoms with E-state index < -0.39 is 0 Å². The van der Waals surface area contributed by atoms with Crippen molar-refractivity contribution in [3.8, 4) is 0 Å². The van der Waals surface area contributed by atoms with Gasteiger partial charge >= 0.3 is 0 Å². The molecule has 3 heteroatoms. The number of nitrogens with one attached hydrogen (secondary N) is 1. The third-order valence-corrected chi connectivity index (χ3v) is 2.94. The first-order valence-electron chi connectivity index (χ1n) is 6.25. The summed E-state index contributed by atoms with van der Waals surface area (Å²) in [6, 6.07) is 8.36. The van der Waals surface area contributed by atoms with Crippen LogP contribution >= 0.6 is 0 Å². The van der Waals surface area contributed by atoms with Crippen LogP contribution in [0.1, 0.15) is 24.1 Å². The van der Waals surface area contributed by atoms with Gasteiger partial charge in [0, 0.05) is 13.1 Å². The smallest absolute Gasteiger partial charge is 0.0626 e. The van der Waals surface area contributed by atoms with E-state index >= 15 is 0 Å².